The minimum atomic E-state index is 0. The number of rotatable bonds is 3. The van der Waals surface area contributed by atoms with Gasteiger partial charge in [0.2, 0.25) is 0 Å². The first-order chi connectivity index (χ1) is 6.45. The quantitative estimate of drug-likeness (QED) is 0.905. The SMILES string of the molecule is Cl.Cl.c1ccc(CNc2ncco2)cc1. The fraction of sp³-hybridized carbons (Fsp3) is 0.100. The van der Waals surface area contributed by atoms with Crippen LogP contribution in [0.1, 0.15) is 5.56 Å². The molecule has 0 bridgehead atoms. The Hall–Kier alpha value is -1.19. The molecule has 0 aliphatic heterocycles. The van der Waals surface area contributed by atoms with Crippen molar-refractivity contribution in [3.63, 3.8) is 0 Å². The molecular weight excluding hydrogens is 235 g/mol. The highest BCUT2D eigenvalue weighted by Gasteiger charge is 1.95. The third-order valence-corrected chi connectivity index (χ3v) is 1.72. The molecule has 0 atom stereocenters. The van der Waals surface area contributed by atoms with E-state index in [1.165, 1.54) is 5.56 Å². The van der Waals surface area contributed by atoms with Crippen LogP contribution in [-0.4, -0.2) is 4.98 Å². The van der Waals surface area contributed by atoms with Gasteiger partial charge in [0.1, 0.15) is 6.26 Å². The van der Waals surface area contributed by atoms with Crippen LogP contribution in [0.15, 0.2) is 47.2 Å². The van der Waals surface area contributed by atoms with Gasteiger partial charge in [0.05, 0.1) is 6.20 Å². The molecule has 2 aromatic rings. The molecule has 0 saturated heterocycles. The Morgan fingerprint density at radius 1 is 1.13 bits per heavy atom. The number of oxazole rings is 1. The molecule has 0 aliphatic carbocycles. The van der Waals surface area contributed by atoms with Gasteiger partial charge < -0.3 is 9.73 Å². The Kier molecular flexibility index (Phi) is 6.58. The van der Waals surface area contributed by atoms with Crippen LogP contribution in [0, 0.1) is 0 Å². The minimum Gasteiger partial charge on any atom is -0.432 e. The molecule has 5 heteroatoms. The Morgan fingerprint density at radius 3 is 2.47 bits per heavy atom. The molecule has 0 radical (unpaired) electrons. The number of hydrogen-bond acceptors (Lipinski definition) is 3. The second-order valence-electron chi connectivity index (χ2n) is 2.68. The Bertz CT molecular complexity index is 351. The fourth-order valence-electron chi connectivity index (χ4n) is 1.08. The lowest BCUT2D eigenvalue weighted by Gasteiger charge is -2.00. The Balaban J connectivity index is 0.000000980. The van der Waals surface area contributed by atoms with Gasteiger partial charge in [0, 0.05) is 6.54 Å². The molecule has 2 rings (SSSR count). The average molecular weight is 247 g/mol. The van der Waals surface area contributed by atoms with E-state index in [9.17, 15) is 0 Å². The standard InChI is InChI=1S/C10H10N2O.2ClH/c1-2-4-9(5-3-1)8-12-10-11-6-7-13-10;;/h1-7H,8H2,(H,11,12);2*1H. The van der Waals surface area contributed by atoms with E-state index in [1.807, 2.05) is 18.2 Å². The zero-order valence-corrected chi connectivity index (χ0v) is 9.55. The van der Waals surface area contributed by atoms with Gasteiger partial charge in [-0.25, -0.2) is 4.98 Å². The maximum Gasteiger partial charge on any atom is 0.294 e. The van der Waals surface area contributed by atoms with Crippen LogP contribution in [-0.2, 0) is 6.54 Å². The summed E-state index contributed by atoms with van der Waals surface area (Å²) in [5.74, 6) is 0. The van der Waals surface area contributed by atoms with Gasteiger partial charge in [-0.2, -0.15) is 0 Å². The molecule has 15 heavy (non-hydrogen) atoms. The topological polar surface area (TPSA) is 38.1 Å². The lowest BCUT2D eigenvalue weighted by molar-refractivity contribution is 0.571. The minimum absolute atomic E-state index is 0. The number of anilines is 1. The van der Waals surface area contributed by atoms with Gasteiger partial charge in [-0.05, 0) is 5.56 Å². The lowest BCUT2D eigenvalue weighted by atomic mass is 10.2. The Labute approximate surface area is 101 Å². The zero-order valence-electron chi connectivity index (χ0n) is 7.92. The molecule has 3 nitrogen and oxygen atoms in total. The van der Waals surface area contributed by atoms with E-state index in [0.29, 0.717) is 6.01 Å². The van der Waals surface area contributed by atoms with Crippen molar-refractivity contribution in [1.82, 2.24) is 4.98 Å². The van der Waals surface area contributed by atoms with E-state index < -0.39 is 0 Å². The van der Waals surface area contributed by atoms with Gasteiger partial charge in [-0.15, -0.1) is 24.8 Å². The number of nitrogens with zero attached hydrogens (tertiary/aromatic N) is 1. The molecule has 0 unspecified atom stereocenters. The second kappa shape index (κ2) is 7.15. The molecule has 0 amide bonds. The van der Waals surface area contributed by atoms with Gasteiger partial charge in [-0.1, -0.05) is 30.3 Å². The van der Waals surface area contributed by atoms with Gasteiger partial charge in [0.25, 0.3) is 6.01 Å². The van der Waals surface area contributed by atoms with Crippen LogP contribution >= 0.6 is 24.8 Å². The third kappa shape index (κ3) is 4.23. The summed E-state index contributed by atoms with van der Waals surface area (Å²) >= 11 is 0. The smallest absolute Gasteiger partial charge is 0.294 e. The van der Waals surface area contributed by atoms with Crippen LogP contribution in [0.25, 0.3) is 0 Å². The molecule has 0 spiro atoms. The highest BCUT2D eigenvalue weighted by Crippen LogP contribution is 2.05. The Morgan fingerprint density at radius 2 is 1.87 bits per heavy atom. The average Bonchev–Trinajstić information content (AvgIpc) is 2.69. The summed E-state index contributed by atoms with van der Waals surface area (Å²) in [6, 6.07) is 10.7. The predicted octanol–water partition coefficient (Wildman–Crippen LogP) is 3.13. The van der Waals surface area contributed by atoms with Crippen LogP contribution in [0.3, 0.4) is 0 Å². The number of halogens is 2. The molecule has 0 fully saturated rings. The number of aromatic nitrogens is 1. The van der Waals surface area contributed by atoms with E-state index in [1.54, 1.807) is 12.5 Å². The number of nitrogens with one attached hydrogen (secondary N) is 1. The second-order valence-corrected chi connectivity index (χ2v) is 2.68. The van der Waals surface area contributed by atoms with E-state index in [0.717, 1.165) is 6.54 Å². The molecule has 1 aromatic heterocycles. The van der Waals surface area contributed by atoms with Crippen LogP contribution in [0.4, 0.5) is 6.01 Å². The summed E-state index contributed by atoms with van der Waals surface area (Å²) in [6.07, 6.45) is 3.17. The van der Waals surface area contributed by atoms with Crippen LogP contribution in [0.2, 0.25) is 0 Å². The number of benzene rings is 1. The summed E-state index contributed by atoms with van der Waals surface area (Å²) in [5.41, 5.74) is 1.21. The van der Waals surface area contributed by atoms with Gasteiger partial charge in [-0.3, -0.25) is 0 Å². The monoisotopic (exact) mass is 246 g/mol. The first-order valence-corrected chi connectivity index (χ1v) is 4.12. The molecular formula is C10H12Cl2N2O. The van der Waals surface area contributed by atoms with E-state index in [4.69, 9.17) is 4.42 Å². The summed E-state index contributed by atoms with van der Waals surface area (Å²) in [4.78, 5) is 3.95. The molecule has 82 valence electrons. The third-order valence-electron chi connectivity index (χ3n) is 1.72. The van der Waals surface area contributed by atoms with E-state index in [2.05, 4.69) is 22.4 Å². The highest BCUT2D eigenvalue weighted by atomic mass is 35.5. The molecule has 0 saturated carbocycles. The molecule has 0 aliphatic rings. The lowest BCUT2D eigenvalue weighted by Crippen LogP contribution is -1.98. The predicted molar refractivity (Wildman–Crippen MR) is 64.8 cm³/mol. The van der Waals surface area contributed by atoms with Crippen molar-refractivity contribution in [2.45, 2.75) is 6.54 Å². The number of hydrogen-bond donors (Lipinski definition) is 1. The van der Waals surface area contributed by atoms with Crippen molar-refractivity contribution in [1.29, 1.82) is 0 Å². The highest BCUT2D eigenvalue weighted by molar-refractivity contribution is 5.85. The maximum absolute atomic E-state index is 5.03. The van der Waals surface area contributed by atoms with Crippen molar-refractivity contribution in [3.05, 3.63) is 48.4 Å². The van der Waals surface area contributed by atoms with Gasteiger partial charge in [0.15, 0.2) is 0 Å². The van der Waals surface area contributed by atoms with Crippen LogP contribution < -0.4 is 5.32 Å². The van der Waals surface area contributed by atoms with Crippen molar-refractivity contribution >= 4 is 30.8 Å². The summed E-state index contributed by atoms with van der Waals surface area (Å²) < 4.78 is 5.03. The first kappa shape index (κ1) is 13.8. The van der Waals surface area contributed by atoms with Crippen molar-refractivity contribution in [2.24, 2.45) is 0 Å². The van der Waals surface area contributed by atoms with Crippen molar-refractivity contribution in [2.75, 3.05) is 5.32 Å². The maximum atomic E-state index is 5.03. The molecule has 1 aromatic carbocycles. The summed E-state index contributed by atoms with van der Waals surface area (Å²) in [7, 11) is 0. The van der Waals surface area contributed by atoms with E-state index in [-0.39, 0.29) is 24.8 Å². The summed E-state index contributed by atoms with van der Waals surface area (Å²) in [5, 5.41) is 3.06. The van der Waals surface area contributed by atoms with E-state index >= 15 is 0 Å². The molecule has 1 N–H and O–H groups in total. The fourth-order valence-corrected chi connectivity index (χ4v) is 1.08. The zero-order chi connectivity index (χ0) is 8.93. The summed E-state index contributed by atoms with van der Waals surface area (Å²) in [6.45, 7) is 0.737. The molecule has 1 heterocycles. The van der Waals surface area contributed by atoms with Crippen molar-refractivity contribution in [3.8, 4) is 0 Å². The van der Waals surface area contributed by atoms with Crippen molar-refractivity contribution < 1.29 is 4.42 Å². The van der Waals surface area contributed by atoms with Gasteiger partial charge >= 0.3 is 0 Å². The largest absolute Gasteiger partial charge is 0.432 e. The normalized spacial score (nSPS) is 8.53. The first-order valence-electron chi connectivity index (χ1n) is 4.12. The van der Waals surface area contributed by atoms with Crippen LogP contribution in [0.5, 0.6) is 0 Å².